The van der Waals surface area contributed by atoms with E-state index < -0.39 is 34.4 Å². The van der Waals surface area contributed by atoms with Gasteiger partial charge >= 0.3 is 5.97 Å². The smallest absolute Gasteiger partial charge is 0.309 e. The van der Waals surface area contributed by atoms with Crippen LogP contribution in [0.1, 0.15) is 18.4 Å². The fourth-order valence-corrected chi connectivity index (χ4v) is 5.90. The first-order valence-corrected chi connectivity index (χ1v) is 13.2. The van der Waals surface area contributed by atoms with Crippen LogP contribution in [0.2, 0.25) is 0 Å². The molecule has 178 valence electrons. The van der Waals surface area contributed by atoms with Crippen LogP contribution in [0.25, 0.3) is 11.3 Å². The molecule has 0 radical (unpaired) electrons. The van der Waals surface area contributed by atoms with Crippen molar-refractivity contribution in [1.82, 2.24) is 9.29 Å². The zero-order valence-electron chi connectivity index (χ0n) is 18.6. The maximum absolute atomic E-state index is 12.7. The van der Waals surface area contributed by atoms with E-state index in [4.69, 9.17) is 4.74 Å². The molecular weight excluding hydrogens is 474 g/mol. The lowest BCUT2D eigenvalue weighted by atomic mass is 9.98. The first-order valence-electron chi connectivity index (χ1n) is 10.9. The molecule has 0 unspecified atom stereocenters. The number of hydrogen-bond acceptors (Lipinski definition) is 7. The molecule has 0 bridgehead atoms. The zero-order valence-corrected chi connectivity index (χ0v) is 20.3. The highest BCUT2D eigenvalue weighted by Gasteiger charge is 2.32. The number of amides is 1. The number of esters is 1. The summed E-state index contributed by atoms with van der Waals surface area (Å²) < 4.78 is 32.0. The molecule has 1 aliphatic rings. The minimum Gasteiger partial charge on any atom is -0.455 e. The van der Waals surface area contributed by atoms with E-state index in [9.17, 15) is 18.0 Å². The molecule has 3 aromatic rings. The second-order valence-corrected chi connectivity index (χ2v) is 10.8. The van der Waals surface area contributed by atoms with Gasteiger partial charge in [0.05, 0.1) is 16.5 Å². The van der Waals surface area contributed by atoms with Crippen molar-refractivity contribution in [3.05, 3.63) is 65.5 Å². The van der Waals surface area contributed by atoms with Gasteiger partial charge in [0, 0.05) is 24.0 Å². The van der Waals surface area contributed by atoms with Gasteiger partial charge in [-0.15, -0.1) is 11.3 Å². The molecule has 4 rings (SSSR count). The zero-order chi connectivity index (χ0) is 24.1. The number of nitrogens with one attached hydrogen (secondary N) is 1. The van der Waals surface area contributed by atoms with Crippen LogP contribution in [-0.4, -0.2) is 49.3 Å². The molecule has 1 fully saturated rings. The van der Waals surface area contributed by atoms with Gasteiger partial charge in [-0.2, -0.15) is 4.31 Å². The molecule has 1 aromatic heterocycles. The lowest BCUT2D eigenvalue weighted by Gasteiger charge is -2.30. The predicted octanol–water partition coefficient (Wildman–Crippen LogP) is 3.70. The van der Waals surface area contributed by atoms with Crippen molar-refractivity contribution in [2.75, 3.05) is 25.0 Å². The minimum atomic E-state index is -3.58. The topological polar surface area (TPSA) is 106 Å². The van der Waals surface area contributed by atoms with E-state index >= 15 is 0 Å². The van der Waals surface area contributed by atoms with Crippen LogP contribution in [0.5, 0.6) is 0 Å². The van der Waals surface area contributed by atoms with E-state index in [1.54, 1.807) is 30.3 Å². The number of sulfonamides is 1. The monoisotopic (exact) mass is 499 g/mol. The van der Waals surface area contributed by atoms with Crippen LogP contribution < -0.4 is 5.32 Å². The van der Waals surface area contributed by atoms with Crippen molar-refractivity contribution in [3.8, 4) is 11.3 Å². The minimum absolute atomic E-state index is 0.226. The molecule has 0 saturated carbocycles. The molecular formula is C24H25N3O5S2. The van der Waals surface area contributed by atoms with Gasteiger partial charge in [-0.1, -0.05) is 48.0 Å². The van der Waals surface area contributed by atoms with Crippen molar-refractivity contribution in [2.45, 2.75) is 24.7 Å². The van der Waals surface area contributed by atoms with Crippen molar-refractivity contribution in [1.29, 1.82) is 0 Å². The number of anilines is 1. The van der Waals surface area contributed by atoms with Gasteiger partial charge in [-0.05, 0) is 31.9 Å². The third-order valence-corrected chi connectivity index (χ3v) is 8.28. The summed E-state index contributed by atoms with van der Waals surface area (Å²) in [5.74, 6) is -1.41. The Morgan fingerprint density at radius 1 is 1.09 bits per heavy atom. The highest BCUT2D eigenvalue weighted by Crippen LogP contribution is 2.26. The van der Waals surface area contributed by atoms with Crippen molar-refractivity contribution in [3.63, 3.8) is 0 Å². The number of piperidine rings is 1. The molecule has 34 heavy (non-hydrogen) atoms. The summed E-state index contributed by atoms with van der Waals surface area (Å²) >= 11 is 1.29. The van der Waals surface area contributed by atoms with Gasteiger partial charge in [0.2, 0.25) is 10.0 Å². The second kappa shape index (κ2) is 10.5. The number of carbonyl (C=O) groups excluding carboxylic acids is 2. The first kappa shape index (κ1) is 24.1. The number of benzene rings is 2. The van der Waals surface area contributed by atoms with Gasteiger partial charge < -0.3 is 4.74 Å². The molecule has 2 heterocycles. The fourth-order valence-electron chi connectivity index (χ4n) is 3.67. The number of hydrogen-bond donors (Lipinski definition) is 1. The van der Waals surface area contributed by atoms with Gasteiger partial charge in [0.25, 0.3) is 5.91 Å². The quantitative estimate of drug-likeness (QED) is 0.497. The van der Waals surface area contributed by atoms with Gasteiger partial charge in [-0.25, -0.2) is 13.4 Å². The lowest BCUT2D eigenvalue weighted by molar-refractivity contribution is -0.152. The Balaban J connectivity index is 1.24. The standard InChI is InChI=1S/C24H25N3O5S2/c1-17-7-9-18(10-8-17)21-16-33-24(25-21)26-22(28)15-32-23(29)19-11-13-27(14-12-19)34(30,31)20-5-3-2-4-6-20/h2-10,16,19H,11-15H2,1H3,(H,25,26,28). The number of ether oxygens (including phenoxy) is 1. The SMILES string of the molecule is Cc1ccc(-c2csc(NC(=O)COC(=O)C3CCN(S(=O)(=O)c4ccccc4)CC3)n2)cc1. The third kappa shape index (κ3) is 5.69. The molecule has 0 atom stereocenters. The van der Waals surface area contributed by atoms with E-state index in [0.717, 1.165) is 16.8 Å². The van der Waals surface area contributed by atoms with E-state index in [0.29, 0.717) is 18.0 Å². The molecule has 2 aromatic carbocycles. The van der Waals surface area contributed by atoms with E-state index in [2.05, 4.69) is 10.3 Å². The predicted molar refractivity (Wildman–Crippen MR) is 130 cm³/mol. The van der Waals surface area contributed by atoms with Crippen LogP contribution >= 0.6 is 11.3 Å². The summed E-state index contributed by atoms with van der Waals surface area (Å²) in [6.45, 7) is 2.04. The first-order chi connectivity index (χ1) is 16.3. The molecule has 1 aliphatic heterocycles. The average molecular weight is 500 g/mol. The van der Waals surface area contributed by atoms with Gasteiger partial charge in [-0.3, -0.25) is 14.9 Å². The number of aromatic nitrogens is 1. The van der Waals surface area contributed by atoms with E-state index in [1.165, 1.54) is 15.6 Å². The maximum Gasteiger partial charge on any atom is 0.309 e. The normalized spacial score (nSPS) is 15.1. The maximum atomic E-state index is 12.7. The van der Waals surface area contributed by atoms with Crippen LogP contribution in [0, 0.1) is 12.8 Å². The van der Waals surface area contributed by atoms with Crippen LogP contribution in [0.15, 0.2) is 64.9 Å². The number of aryl methyl sites for hydroxylation is 1. The number of carbonyl (C=O) groups is 2. The van der Waals surface area contributed by atoms with Crippen molar-refractivity contribution >= 4 is 38.4 Å². The summed E-state index contributed by atoms with van der Waals surface area (Å²) in [5.41, 5.74) is 2.86. The van der Waals surface area contributed by atoms with Crippen LogP contribution in [0.3, 0.4) is 0 Å². The van der Waals surface area contributed by atoms with E-state index in [1.807, 2.05) is 36.6 Å². The molecule has 10 heteroatoms. The fraction of sp³-hybridized carbons (Fsp3) is 0.292. The van der Waals surface area contributed by atoms with Crippen molar-refractivity contribution in [2.24, 2.45) is 5.92 Å². The third-order valence-electron chi connectivity index (χ3n) is 5.61. The van der Waals surface area contributed by atoms with Crippen molar-refractivity contribution < 1.29 is 22.7 Å². The van der Waals surface area contributed by atoms with E-state index in [-0.39, 0.29) is 18.0 Å². The molecule has 1 saturated heterocycles. The Labute approximate surface area is 202 Å². The van der Waals surface area contributed by atoms with Crippen LogP contribution in [0.4, 0.5) is 5.13 Å². The molecule has 1 amide bonds. The number of nitrogens with zero attached hydrogens (tertiary/aromatic N) is 2. The average Bonchev–Trinajstić information content (AvgIpc) is 3.32. The summed E-state index contributed by atoms with van der Waals surface area (Å²) in [6.07, 6.45) is 0.692. The summed E-state index contributed by atoms with van der Waals surface area (Å²) in [5, 5.41) is 4.93. The molecule has 1 N–H and O–H groups in total. The lowest BCUT2D eigenvalue weighted by Crippen LogP contribution is -2.40. The van der Waals surface area contributed by atoms with Gasteiger partial charge in [0.1, 0.15) is 0 Å². The Bertz CT molecular complexity index is 1250. The van der Waals surface area contributed by atoms with Gasteiger partial charge in [0.15, 0.2) is 11.7 Å². The molecule has 8 nitrogen and oxygen atoms in total. The summed E-state index contributed by atoms with van der Waals surface area (Å²) in [4.78, 5) is 29.3. The molecule has 0 spiro atoms. The van der Waals surface area contributed by atoms with Crippen LogP contribution in [-0.2, 0) is 24.3 Å². The Hall–Kier alpha value is -3.08. The summed E-state index contributed by atoms with van der Waals surface area (Å²) in [7, 11) is -3.58. The Kier molecular flexibility index (Phi) is 7.40. The highest BCUT2D eigenvalue weighted by molar-refractivity contribution is 7.89. The number of thiazole rings is 1. The highest BCUT2D eigenvalue weighted by atomic mass is 32.2. The Morgan fingerprint density at radius 2 is 1.76 bits per heavy atom. The Morgan fingerprint density at radius 3 is 2.44 bits per heavy atom. The number of rotatable bonds is 7. The summed E-state index contributed by atoms with van der Waals surface area (Å²) in [6, 6.07) is 16.1. The molecule has 0 aliphatic carbocycles. The largest absolute Gasteiger partial charge is 0.455 e. The second-order valence-electron chi connectivity index (χ2n) is 8.05.